The van der Waals surface area contributed by atoms with E-state index >= 15 is 0 Å². The van der Waals surface area contributed by atoms with Gasteiger partial charge in [0.15, 0.2) is 0 Å². The van der Waals surface area contributed by atoms with Crippen LogP contribution in [0.4, 0.5) is 13.2 Å². The second kappa shape index (κ2) is 4.99. The number of benzene rings is 1. The van der Waals surface area contributed by atoms with Crippen molar-refractivity contribution in [2.45, 2.75) is 25.8 Å². The van der Waals surface area contributed by atoms with E-state index in [1.807, 2.05) is 6.07 Å². The van der Waals surface area contributed by atoms with Crippen LogP contribution in [0.2, 0.25) is 0 Å². The topological polar surface area (TPSA) is 47.3 Å². The third-order valence-electron chi connectivity index (χ3n) is 4.38. The summed E-state index contributed by atoms with van der Waals surface area (Å²) in [5.74, 6) is -1.22. The molecule has 1 aromatic carbocycles. The van der Waals surface area contributed by atoms with Gasteiger partial charge in [-0.25, -0.2) is 18.2 Å². The van der Waals surface area contributed by atoms with Gasteiger partial charge in [0.25, 0.3) is 12.3 Å². The van der Waals surface area contributed by atoms with Gasteiger partial charge >= 0.3 is 0 Å². The van der Waals surface area contributed by atoms with E-state index in [4.69, 9.17) is 5.26 Å². The number of halogens is 3. The van der Waals surface area contributed by atoms with Crippen LogP contribution in [0.15, 0.2) is 18.2 Å². The smallest absolute Gasteiger partial charge is 0.254 e. The third-order valence-corrected chi connectivity index (χ3v) is 4.38. The van der Waals surface area contributed by atoms with E-state index < -0.39 is 29.6 Å². The molecule has 116 valence electrons. The lowest BCUT2D eigenvalue weighted by molar-refractivity contribution is -0.147. The van der Waals surface area contributed by atoms with Gasteiger partial charge in [-0.1, -0.05) is 0 Å². The Balaban J connectivity index is 1.97. The summed E-state index contributed by atoms with van der Waals surface area (Å²) in [5.41, 5.74) is -1.12. The van der Waals surface area contributed by atoms with Crippen LogP contribution in [0.3, 0.4) is 0 Å². The second-order valence-corrected chi connectivity index (χ2v) is 5.95. The van der Waals surface area contributed by atoms with Crippen LogP contribution in [-0.2, 0) is 4.79 Å². The van der Waals surface area contributed by atoms with Gasteiger partial charge in [-0.2, -0.15) is 5.26 Å². The van der Waals surface area contributed by atoms with Crippen LogP contribution in [0.5, 0.6) is 0 Å². The first-order chi connectivity index (χ1) is 10.4. The highest BCUT2D eigenvalue weighted by Gasteiger charge is 2.57. The Morgan fingerprint density at radius 1 is 1.41 bits per heavy atom. The summed E-state index contributed by atoms with van der Waals surface area (Å²) in [7, 11) is 0. The number of nitriles is 1. The fraction of sp³-hybridized carbons (Fsp3) is 0.467. The maximum atomic E-state index is 13.6. The largest absolute Gasteiger partial charge is 0.272 e. The normalized spacial score (nSPS) is 28.3. The Morgan fingerprint density at radius 2 is 2.14 bits per heavy atom. The molecule has 0 radical (unpaired) electrons. The molecule has 2 heterocycles. The Labute approximate surface area is 125 Å². The van der Waals surface area contributed by atoms with Crippen molar-refractivity contribution in [2.24, 2.45) is 5.41 Å². The fourth-order valence-electron chi connectivity index (χ4n) is 3.17. The van der Waals surface area contributed by atoms with Gasteiger partial charge in [0.05, 0.1) is 17.7 Å². The van der Waals surface area contributed by atoms with Crippen LogP contribution in [0, 0.1) is 22.6 Å². The molecule has 22 heavy (non-hydrogen) atoms. The number of carbonyl (C=O) groups is 1. The minimum absolute atomic E-state index is 0.0412. The lowest BCUT2D eigenvalue weighted by Gasteiger charge is -2.26. The molecular weight excluding hydrogens is 295 g/mol. The molecule has 2 fully saturated rings. The molecule has 2 atom stereocenters. The van der Waals surface area contributed by atoms with E-state index in [-0.39, 0.29) is 12.1 Å². The number of hydrazine groups is 1. The molecule has 0 bridgehead atoms. The average molecular weight is 309 g/mol. The molecule has 0 aliphatic carbocycles. The highest BCUT2D eigenvalue weighted by atomic mass is 19.3. The van der Waals surface area contributed by atoms with Crippen molar-refractivity contribution in [3.05, 3.63) is 35.1 Å². The first kappa shape index (κ1) is 14.9. The third kappa shape index (κ3) is 2.06. The fourth-order valence-corrected chi connectivity index (χ4v) is 3.17. The minimum atomic E-state index is -2.76. The van der Waals surface area contributed by atoms with E-state index in [1.54, 1.807) is 5.01 Å². The van der Waals surface area contributed by atoms with Gasteiger partial charge in [0.2, 0.25) is 0 Å². The van der Waals surface area contributed by atoms with Crippen LogP contribution < -0.4 is 0 Å². The second-order valence-electron chi connectivity index (χ2n) is 5.95. The molecule has 4 nitrogen and oxygen atoms in total. The highest BCUT2D eigenvalue weighted by molar-refractivity contribution is 5.85. The lowest BCUT2D eigenvalue weighted by atomic mass is 9.90. The van der Waals surface area contributed by atoms with Crippen molar-refractivity contribution >= 4 is 5.91 Å². The van der Waals surface area contributed by atoms with Crippen molar-refractivity contribution in [2.75, 3.05) is 13.1 Å². The molecule has 2 aliphatic rings. The molecule has 1 amide bonds. The summed E-state index contributed by atoms with van der Waals surface area (Å²) in [5, 5.41) is 11.8. The highest BCUT2D eigenvalue weighted by Crippen LogP contribution is 2.45. The summed E-state index contributed by atoms with van der Waals surface area (Å²) < 4.78 is 40.0. The van der Waals surface area contributed by atoms with Crippen molar-refractivity contribution in [1.82, 2.24) is 10.0 Å². The molecule has 0 spiro atoms. The molecule has 2 saturated heterocycles. The molecule has 0 unspecified atom stereocenters. The van der Waals surface area contributed by atoms with E-state index in [0.29, 0.717) is 18.5 Å². The number of hydrogen-bond donors (Lipinski definition) is 0. The zero-order chi connectivity index (χ0) is 16.1. The number of fused-ring (bicyclic) bond motifs is 1. The Bertz CT molecular complexity index is 672. The van der Waals surface area contributed by atoms with E-state index in [0.717, 1.165) is 6.07 Å². The van der Waals surface area contributed by atoms with Crippen molar-refractivity contribution in [1.29, 1.82) is 5.26 Å². The molecular formula is C15H14F3N3O. The number of hydrogen-bond acceptors (Lipinski definition) is 3. The molecule has 3 rings (SSSR count). The van der Waals surface area contributed by atoms with Crippen LogP contribution in [-0.4, -0.2) is 35.4 Å². The predicted octanol–water partition coefficient (Wildman–Crippen LogP) is 2.47. The monoisotopic (exact) mass is 309 g/mol. The standard InChI is InChI=1S/C15H14F3N3O/c1-15(13(17)18)8-20-3-2-12(21(20)14(15)22)10-4-9(7-19)5-11(16)6-10/h4-6,12-13H,2-3,8H2,1H3/t12-,15+/m1/s1. The Hall–Kier alpha value is -2.07. The van der Waals surface area contributed by atoms with Crippen LogP contribution in [0.1, 0.15) is 30.5 Å². The number of carbonyl (C=O) groups excluding carboxylic acids is 1. The predicted molar refractivity (Wildman–Crippen MR) is 71.0 cm³/mol. The van der Waals surface area contributed by atoms with Gasteiger partial charge in [-0.05, 0) is 37.1 Å². The van der Waals surface area contributed by atoms with Crippen molar-refractivity contribution in [3.63, 3.8) is 0 Å². The first-order valence-corrected chi connectivity index (χ1v) is 6.94. The van der Waals surface area contributed by atoms with E-state index in [9.17, 15) is 18.0 Å². The van der Waals surface area contributed by atoms with Crippen molar-refractivity contribution in [3.8, 4) is 6.07 Å². The summed E-state index contributed by atoms with van der Waals surface area (Å²) >= 11 is 0. The van der Waals surface area contributed by atoms with Gasteiger partial charge in [0.1, 0.15) is 11.2 Å². The molecule has 0 N–H and O–H groups in total. The molecule has 2 aliphatic heterocycles. The number of amides is 1. The van der Waals surface area contributed by atoms with Gasteiger partial charge in [-0.15, -0.1) is 0 Å². The molecule has 0 aromatic heterocycles. The SMILES string of the molecule is C[C@@]1(C(F)F)CN2CC[C@H](c3cc(F)cc(C#N)c3)N2C1=O. The number of nitrogens with zero attached hydrogens (tertiary/aromatic N) is 3. The maximum Gasteiger partial charge on any atom is 0.254 e. The quantitative estimate of drug-likeness (QED) is 0.843. The molecule has 1 aromatic rings. The van der Waals surface area contributed by atoms with Gasteiger partial charge < -0.3 is 0 Å². The van der Waals surface area contributed by atoms with Crippen LogP contribution >= 0.6 is 0 Å². The zero-order valence-electron chi connectivity index (χ0n) is 11.9. The zero-order valence-corrected chi connectivity index (χ0v) is 11.9. The number of rotatable bonds is 2. The average Bonchev–Trinajstić information content (AvgIpc) is 2.98. The van der Waals surface area contributed by atoms with Crippen LogP contribution in [0.25, 0.3) is 0 Å². The Morgan fingerprint density at radius 3 is 2.77 bits per heavy atom. The van der Waals surface area contributed by atoms with Crippen molar-refractivity contribution < 1.29 is 18.0 Å². The lowest BCUT2D eigenvalue weighted by Crippen LogP contribution is -2.39. The van der Waals surface area contributed by atoms with Gasteiger partial charge in [-0.3, -0.25) is 9.80 Å². The van der Waals surface area contributed by atoms with Gasteiger partial charge in [0, 0.05) is 13.1 Å². The number of alkyl halides is 2. The van der Waals surface area contributed by atoms with E-state index in [2.05, 4.69) is 0 Å². The first-order valence-electron chi connectivity index (χ1n) is 6.94. The molecule has 0 saturated carbocycles. The van der Waals surface area contributed by atoms with E-state index in [1.165, 1.54) is 24.1 Å². The summed E-state index contributed by atoms with van der Waals surface area (Å²) in [6, 6.07) is 5.21. The summed E-state index contributed by atoms with van der Waals surface area (Å²) in [6.45, 7) is 1.67. The Kier molecular flexibility index (Phi) is 3.37. The minimum Gasteiger partial charge on any atom is -0.272 e. The maximum absolute atomic E-state index is 13.6. The molecule has 7 heteroatoms. The summed E-state index contributed by atoms with van der Waals surface area (Å²) in [4.78, 5) is 12.4. The summed E-state index contributed by atoms with van der Waals surface area (Å²) in [6.07, 6.45) is -2.23.